The molecule has 0 fully saturated rings. The standard InChI is InChI=1S/C29H25ClN7O6S.C29H24ClN6O7S.C28H24ClN6O5S.3CO2.6K/c1-15(38)31-22-14-19(13-21(30)24(22)39)32-23-25(29(2,3)4)35-37-26(33-34-27(23)37)16-7-5-9-18(11-16)36-44(42,43)20-10-6-8-17(12-20)28(40)41;1-29(2,3)24-22(31-18-13-20(28(40)43-4)23(37)21(30)14-18)26-33-32-25(36(26)34-24)15-7-5-9-17(11-15)35-44(41,42)19-10-6-8-16(12-19)27(38)39;1-15-11-19(14-21(29)23(15)36)30-22-24(28(2,3)4)33-35-25(31-32-26(22)35)16-7-5-9-18(12-16)34-41(39,40)20-10-6-8-17(13-20)27(37)38;3*2-1-3;;;;;;/h5,7-14,36,39H,1-4H3,(H,31,38)(H,40,41);5,7-14,35,37H,1-4H3,(H,38,39);5,7-14,34,36H,1-4H3,(H,37,38);;;;;;;;;/q3*-1;;;;6*+1/p-3. The number of nitrogens with zero attached hydrogens (tertiary/aromatic N) is 15. The van der Waals surface area contributed by atoms with Crippen LogP contribution in [0.5, 0.6) is 17.2 Å². The first-order valence-corrected chi connectivity index (χ1v) is 44.8. The zero-order valence-corrected chi connectivity index (χ0v) is 103. The van der Waals surface area contributed by atoms with Gasteiger partial charge in [-0.2, -0.15) is 113 Å². The second-order valence-corrected chi connectivity index (χ2v) is 38.2. The van der Waals surface area contributed by atoms with Crippen molar-refractivity contribution < 1.29 is 422 Å². The molecule has 55 heteroatoms. The number of aromatic hydroxyl groups is 3. The van der Waals surface area contributed by atoms with Gasteiger partial charge in [0.2, 0.25) is 53.5 Å². The van der Waals surface area contributed by atoms with E-state index in [1.807, 2.05) is 62.3 Å². The van der Waals surface area contributed by atoms with Gasteiger partial charge in [0, 0.05) is 74.8 Å². The molecule has 0 saturated carbocycles. The maximum Gasteiger partial charge on any atom is 1.00 e. The number of hydrogen-bond acceptors (Lipinski definition) is 36. The molecule has 9 aromatic carbocycles. The van der Waals surface area contributed by atoms with Crippen LogP contribution in [-0.4, -0.2) is 175 Å². The number of esters is 1. The summed E-state index contributed by atoms with van der Waals surface area (Å²) < 4.78 is 94.4. The number of halogens is 3. The molecule has 0 aliphatic carbocycles. The van der Waals surface area contributed by atoms with Crippen molar-refractivity contribution in [1.82, 2.24) is 44.6 Å². The SMILES string of the molecule is CC(=O)Nc1cc(N=C2C(C(C)(C)C)=Nn3c2nnc3-c2cccc(NS(=O)(=O)c3c[c-]cc(C(=O)[O-])c3)c2)cc(Cl)c1O.COC(=O)c1cc(N=C2C(C(C)(C)C)=Nn3c2nnc3-c2cccc(NS(=O)(=O)c3c[c-]cc(C(=O)[O-])c3)c2)cc(Cl)c1O.Cc1cc(N=C2C(C(C)(C)C)=Nn3c2nnc3-c2cccc(NS(=O)(=O)c3c[c-]cc(C(=O)[O-])c3)c2)cc(Cl)c1O.O=C=O.O=C=O.O=C=O.[K+].[K+].[K+].[K+].[K+].[K+]. The minimum Gasteiger partial charge on any atom is -0.559 e. The number of anilines is 4. The van der Waals surface area contributed by atoms with Gasteiger partial charge in [-0.25, -0.2) is 45.0 Å². The number of carboxylic acids is 3. The second kappa shape index (κ2) is 55.8. The van der Waals surface area contributed by atoms with Crippen molar-refractivity contribution in [3.63, 3.8) is 0 Å². The fraction of sp³-hybridized carbons (Fsp3) is 0.169. The number of nitrogens with one attached hydrogen (secondary N) is 4. The molecule has 0 saturated heterocycles. The average molecular weight is 2230 g/mol. The summed E-state index contributed by atoms with van der Waals surface area (Å²) >= 11 is 18.5. The van der Waals surface area contributed by atoms with Gasteiger partial charge in [-0.15, -0.1) is 65.5 Å². The Bertz CT molecular complexity index is 7610. The van der Waals surface area contributed by atoms with Crippen LogP contribution in [0.1, 0.15) is 134 Å². The molecule has 0 spiro atoms. The van der Waals surface area contributed by atoms with Gasteiger partial charge in [-0.1, -0.05) is 134 Å². The van der Waals surface area contributed by atoms with Gasteiger partial charge in [0.1, 0.15) is 34.2 Å². The van der Waals surface area contributed by atoms with E-state index in [0.717, 1.165) is 54.6 Å². The molecule has 144 heavy (non-hydrogen) atoms. The molecule has 12 aromatic rings. The summed E-state index contributed by atoms with van der Waals surface area (Å²) in [6.07, 6.45) is 0.750. The van der Waals surface area contributed by atoms with E-state index in [-0.39, 0.29) is 430 Å². The number of rotatable bonds is 20. The Balaban J connectivity index is 0.000000423. The second-order valence-electron chi connectivity index (χ2n) is 31.9. The molecule has 3 aliphatic heterocycles. The number of aromatic nitrogens is 9. The van der Waals surface area contributed by atoms with Crippen LogP contribution in [0.25, 0.3) is 34.2 Å². The smallest absolute Gasteiger partial charge is 0.559 e. The van der Waals surface area contributed by atoms with E-state index in [2.05, 4.69) is 73.3 Å². The third kappa shape index (κ3) is 32.6. The topological polar surface area (TPSA) is 644 Å². The van der Waals surface area contributed by atoms with Crippen molar-refractivity contribution >= 4 is 187 Å². The quantitative estimate of drug-likeness (QED) is 0.0161. The molecule has 1 amide bonds. The van der Waals surface area contributed by atoms with Crippen molar-refractivity contribution in [2.75, 3.05) is 26.6 Å². The number of carbonyl (C=O) groups is 5. The van der Waals surface area contributed by atoms with E-state index >= 15 is 0 Å². The van der Waals surface area contributed by atoms with Crippen LogP contribution >= 0.6 is 34.8 Å². The van der Waals surface area contributed by atoms with Gasteiger partial charge in [-0.3, -0.25) is 19.0 Å². The van der Waals surface area contributed by atoms with Crippen LogP contribution in [0, 0.1) is 41.4 Å². The Morgan fingerprint density at radius 2 is 0.688 bits per heavy atom. The molecule has 7 N–H and O–H groups in total. The zero-order valence-electron chi connectivity index (χ0n) is 79.6. The molecule has 3 aliphatic rings. The number of aliphatic imine (C=N–C) groups is 3. The maximum atomic E-state index is 13.0. The van der Waals surface area contributed by atoms with Gasteiger partial charge >= 0.3 is 333 Å². The minimum atomic E-state index is -4.18. The minimum absolute atomic E-state index is 0. The first-order chi connectivity index (χ1) is 64.8. The van der Waals surface area contributed by atoms with Gasteiger partial charge in [-0.05, 0) is 100.0 Å². The Labute approximate surface area is 1090 Å². The van der Waals surface area contributed by atoms with Crippen molar-refractivity contribution in [3.05, 3.63) is 242 Å². The zero-order chi connectivity index (χ0) is 102. The number of carbonyl (C=O) groups excluding carboxylic acids is 11. The molecule has 0 bridgehead atoms. The van der Waals surface area contributed by atoms with E-state index in [1.54, 1.807) is 72.3 Å². The Hall–Kier alpha value is -6.75. The third-order valence-corrected chi connectivity index (χ3v) is 23.7. The molecule has 710 valence electrons. The number of phenols is 3. The summed E-state index contributed by atoms with van der Waals surface area (Å²) in [6, 6.07) is 45.2. The first kappa shape index (κ1) is 130. The summed E-state index contributed by atoms with van der Waals surface area (Å²) in [7, 11) is -11.3. The Morgan fingerprint density at radius 1 is 0.410 bits per heavy atom. The number of benzene rings is 9. The summed E-state index contributed by atoms with van der Waals surface area (Å²) in [5.41, 5.74) is 4.04. The normalized spacial score (nSPS) is 12.7. The molecule has 0 radical (unpaired) electrons. The van der Waals surface area contributed by atoms with Crippen molar-refractivity contribution in [3.8, 4) is 51.4 Å². The fourth-order valence-corrected chi connectivity index (χ4v) is 16.6. The predicted octanol–water partition coefficient (Wildman–Crippen LogP) is -8.71. The van der Waals surface area contributed by atoms with Crippen molar-refractivity contribution in [2.24, 2.45) is 46.5 Å². The number of fused-ring (bicyclic) bond motifs is 3. The van der Waals surface area contributed by atoms with Crippen LogP contribution in [0.3, 0.4) is 0 Å². The van der Waals surface area contributed by atoms with E-state index in [9.17, 15) is 79.9 Å². The number of hydrogen-bond donors (Lipinski definition) is 7. The van der Waals surface area contributed by atoms with Crippen molar-refractivity contribution in [1.29, 1.82) is 0 Å². The van der Waals surface area contributed by atoms with Crippen LogP contribution in [0.15, 0.2) is 209 Å². The average Bonchev–Trinajstić information content (AvgIpc) is 1.60. The number of amides is 1. The van der Waals surface area contributed by atoms with Crippen LogP contribution in [0.2, 0.25) is 15.1 Å². The fourth-order valence-electron chi connectivity index (χ4n) is 12.7. The van der Waals surface area contributed by atoms with Gasteiger partial charge in [0.15, 0.2) is 23.2 Å². The molecule has 6 heterocycles. The van der Waals surface area contributed by atoms with Crippen LogP contribution < -0.4 is 343 Å². The summed E-state index contributed by atoms with van der Waals surface area (Å²) in [6.45, 7) is 20.6. The predicted molar refractivity (Wildman–Crippen MR) is 488 cm³/mol. The van der Waals surface area contributed by atoms with Crippen LogP contribution in [-0.2, 0) is 68.4 Å². The summed E-state index contributed by atoms with van der Waals surface area (Å²) in [5, 5.41) is 107. The van der Waals surface area contributed by atoms with E-state index in [1.165, 1.54) is 71.9 Å². The monoisotopic (exact) mass is 2220 g/mol. The van der Waals surface area contributed by atoms with Crippen molar-refractivity contribution in [2.45, 2.75) is 90.8 Å². The molecular weight excluding hydrogens is 2160 g/mol. The van der Waals surface area contributed by atoms with E-state index in [0.29, 0.717) is 91.2 Å². The van der Waals surface area contributed by atoms with E-state index in [4.69, 9.17) is 93.6 Å². The summed E-state index contributed by atoms with van der Waals surface area (Å²) in [4.78, 5) is 119. The molecule has 0 atom stereocenters. The molecule has 43 nitrogen and oxygen atoms in total. The molecule has 15 rings (SSSR count). The van der Waals surface area contributed by atoms with E-state index < -0.39 is 81.8 Å². The number of carboxylic acid groups (broad SMARTS) is 3. The maximum absolute atomic E-state index is 13.0. The number of phenolic OH excluding ortho intramolecular Hbond substituents is 3. The number of methoxy groups -OCH3 is 1. The largest absolute Gasteiger partial charge is 1.00 e. The third-order valence-electron chi connectivity index (χ3n) is 18.8. The number of sulfonamides is 3. The molecular formula is C89H70Cl3K6N19O24S3. The Kier molecular flexibility index (Phi) is 50.2. The van der Waals surface area contributed by atoms with Gasteiger partial charge < -0.3 is 55.1 Å². The number of ether oxygens (including phenoxy) is 1. The van der Waals surface area contributed by atoms with Gasteiger partial charge in [0.05, 0.1) is 62.1 Å². The van der Waals surface area contributed by atoms with Gasteiger partial charge in [0.25, 0.3) is 0 Å². The molecule has 3 aromatic heterocycles. The number of aromatic carboxylic acids is 3. The first-order valence-electron chi connectivity index (χ1n) is 39.2. The Morgan fingerprint density at radius 3 is 0.965 bits per heavy atom. The number of aryl methyl sites for hydroxylation is 1. The summed E-state index contributed by atoms with van der Waals surface area (Å²) in [5.74, 6) is -4.65. The van der Waals surface area contributed by atoms with Crippen LogP contribution in [0.4, 0.5) is 39.8 Å². The molecule has 0 unspecified atom stereocenters.